The van der Waals surface area contributed by atoms with Gasteiger partial charge in [-0.25, -0.2) is 0 Å². The summed E-state index contributed by atoms with van der Waals surface area (Å²) >= 11 is 0. The summed E-state index contributed by atoms with van der Waals surface area (Å²) in [5.41, 5.74) is 4.08. The highest BCUT2D eigenvalue weighted by Crippen LogP contribution is 2.27. The Bertz CT molecular complexity index is 725. The average Bonchev–Trinajstić information content (AvgIpc) is 2.58. The number of carbonyl (C=O) groups is 1. The molecular weight excluding hydrogens is 312 g/mol. The van der Waals surface area contributed by atoms with Gasteiger partial charge in [-0.15, -0.1) is 0 Å². The summed E-state index contributed by atoms with van der Waals surface area (Å²) in [5.74, 6) is 0.339. The van der Waals surface area contributed by atoms with E-state index < -0.39 is 0 Å². The summed E-state index contributed by atoms with van der Waals surface area (Å²) < 4.78 is 0. The van der Waals surface area contributed by atoms with Gasteiger partial charge in [0.2, 0.25) is 5.91 Å². The number of anilines is 1. The summed E-state index contributed by atoms with van der Waals surface area (Å²) in [6.07, 6.45) is 3.19. The van der Waals surface area contributed by atoms with Crippen molar-refractivity contribution in [2.45, 2.75) is 45.4 Å². The van der Waals surface area contributed by atoms with Gasteiger partial charge in [-0.3, -0.25) is 4.79 Å². The van der Waals surface area contributed by atoms with Crippen molar-refractivity contribution in [1.29, 1.82) is 0 Å². The van der Waals surface area contributed by atoms with E-state index in [2.05, 4.69) is 29.7 Å². The Labute approximate surface area is 149 Å². The maximum absolute atomic E-state index is 12.1. The predicted molar refractivity (Wildman–Crippen MR) is 100 cm³/mol. The molecule has 1 aliphatic carbocycles. The molecule has 1 atom stereocenters. The molecule has 0 radical (unpaired) electrons. The highest BCUT2D eigenvalue weighted by Gasteiger charge is 2.25. The fraction of sp³-hybridized carbons (Fsp3) is 0.381. The summed E-state index contributed by atoms with van der Waals surface area (Å²) in [4.78, 5) is 12.1. The fourth-order valence-corrected chi connectivity index (χ4v) is 3.02. The highest BCUT2D eigenvalue weighted by atomic mass is 16.3. The van der Waals surface area contributed by atoms with Gasteiger partial charge in [0.1, 0.15) is 0 Å². The van der Waals surface area contributed by atoms with E-state index >= 15 is 0 Å². The Hall–Kier alpha value is -2.17. The Morgan fingerprint density at radius 3 is 2.64 bits per heavy atom. The van der Waals surface area contributed by atoms with E-state index in [1.54, 1.807) is 0 Å². The molecule has 1 fully saturated rings. The van der Waals surface area contributed by atoms with Crippen molar-refractivity contribution in [3.8, 4) is 0 Å². The number of nitrogens with one attached hydrogen (secondary N) is 2. The van der Waals surface area contributed by atoms with Crippen molar-refractivity contribution < 1.29 is 9.90 Å². The van der Waals surface area contributed by atoms with Crippen molar-refractivity contribution in [3.63, 3.8) is 0 Å². The second-order valence-corrected chi connectivity index (χ2v) is 6.82. The molecule has 132 valence electrons. The van der Waals surface area contributed by atoms with Crippen LogP contribution in [-0.2, 0) is 17.9 Å². The normalized spacial score (nSPS) is 15.4. The first-order valence-electron chi connectivity index (χ1n) is 8.98. The second-order valence-electron chi connectivity index (χ2n) is 6.82. The molecule has 1 saturated carbocycles. The zero-order valence-corrected chi connectivity index (χ0v) is 14.7. The summed E-state index contributed by atoms with van der Waals surface area (Å²) in [6, 6.07) is 16.2. The quantitative estimate of drug-likeness (QED) is 0.720. The molecular formula is C21H26N2O2. The van der Waals surface area contributed by atoms with Crippen molar-refractivity contribution in [3.05, 3.63) is 65.2 Å². The van der Waals surface area contributed by atoms with E-state index in [1.165, 1.54) is 0 Å². The Balaban J connectivity index is 1.57. The number of aliphatic hydroxyl groups excluding tert-OH is 1. The molecule has 2 aromatic rings. The Morgan fingerprint density at radius 1 is 1.16 bits per heavy atom. The maximum Gasteiger partial charge on any atom is 0.227 e. The third-order valence-corrected chi connectivity index (χ3v) is 4.92. The Kier molecular flexibility index (Phi) is 5.84. The largest absolute Gasteiger partial charge is 0.392 e. The minimum atomic E-state index is 0.0588. The van der Waals surface area contributed by atoms with Crippen LogP contribution in [0.1, 0.15) is 48.9 Å². The number of amides is 1. The molecule has 2 aromatic carbocycles. The topological polar surface area (TPSA) is 61.4 Å². The van der Waals surface area contributed by atoms with Crippen molar-refractivity contribution in [2.75, 3.05) is 5.32 Å². The third kappa shape index (κ3) is 4.68. The van der Waals surface area contributed by atoms with E-state index in [9.17, 15) is 9.90 Å². The molecule has 0 saturated heterocycles. The minimum absolute atomic E-state index is 0.0588. The summed E-state index contributed by atoms with van der Waals surface area (Å²) in [5, 5.41) is 15.8. The molecule has 25 heavy (non-hydrogen) atoms. The lowest BCUT2D eigenvalue weighted by Gasteiger charge is -2.24. The molecule has 4 nitrogen and oxygen atoms in total. The van der Waals surface area contributed by atoms with Crippen LogP contribution in [0.3, 0.4) is 0 Å². The smallest absolute Gasteiger partial charge is 0.227 e. The maximum atomic E-state index is 12.1. The van der Waals surface area contributed by atoms with Gasteiger partial charge >= 0.3 is 0 Å². The van der Waals surface area contributed by atoms with E-state index in [0.717, 1.165) is 48.2 Å². The van der Waals surface area contributed by atoms with E-state index in [4.69, 9.17) is 0 Å². The van der Waals surface area contributed by atoms with Gasteiger partial charge in [0, 0.05) is 24.2 Å². The first-order chi connectivity index (χ1) is 12.2. The first-order valence-corrected chi connectivity index (χ1v) is 8.98. The van der Waals surface area contributed by atoms with Crippen LogP contribution in [0, 0.1) is 5.92 Å². The lowest BCUT2D eigenvalue weighted by Crippen LogP contribution is -2.28. The zero-order valence-electron chi connectivity index (χ0n) is 14.7. The lowest BCUT2D eigenvalue weighted by molar-refractivity contribution is -0.122. The molecule has 1 amide bonds. The molecule has 3 N–H and O–H groups in total. The molecule has 4 heteroatoms. The van der Waals surface area contributed by atoms with Gasteiger partial charge < -0.3 is 15.7 Å². The van der Waals surface area contributed by atoms with E-state index in [1.807, 2.05) is 36.4 Å². The zero-order chi connectivity index (χ0) is 17.6. The van der Waals surface area contributed by atoms with E-state index in [0.29, 0.717) is 0 Å². The molecule has 0 aliphatic heterocycles. The summed E-state index contributed by atoms with van der Waals surface area (Å²) in [6.45, 7) is 2.89. The lowest BCUT2D eigenvalue weighted by atomic mass is 9.85. The first kappa shape index (κ1) is 17.6. The van der Waals surface area contributed by atoms with Gasteiger partial charge in [-0.2, -0.15) is 0 Å². The number of carbonyl (C=O) groups excluding carboxylic acids is 1. The monoisotopic (exact) mass is 338 g/mol. The van der Waals surface area contributed by atoms with Gasteiger partial charge in [0.05, 0.1) is 6.61 Å². The summed E-state index contributed by atoms with van der Waals surface area (Å²) in [7, 11) is 0. The highest BCUT2D eigenvalue weighted by molar-refractivity contribution is 5.93. The molecule has 0 bridgehead atoms. The van der Waals surface area contributed by atoms with Crippen molar-refractivity contribution in [2.24, 2.45) is 5.92 Å². The van der Waals surface area contributed by atoms with Crippen LogP contribution in [0.15, 0.2) is 48.5 Å². The van der Waals surface area contributed by atoms with Crippen LogP contribution < -0.4 is 10.6 Å². The number of rotatable bonds is 7. The molecule has 1 aliphatic rings. The molecule has 3 rings (SSSR count). The number of benzene rings is 2. The van der Waals surface area contributed by atoms with Crippen LogP contribution in [-0.4, -0.2) is 11.0 Å². The number of hydrogen-bond acceptors (Lipinski definition) is 3. The predicted octanol–water partition coefficient (Wildman–Crippen LogP) is 3.77. The van der Waals surface area contributed by atoms with Crippen LogP contribution >= 0.6 is 0 Å². The molecule has 0 aromatic heterocycles. The van der Waals surface area contributed by atoms with Crippen LogP contribution in [0.4, 0.5) is 5.69 Å². The van der Waals surface area contributed by atoms with E-state index in [-0.39, 0.29) is 24.5 Å². The number of hydrogen-bond donors (Lipinski definition) is 3. The minimum Gasteiger partial charge on any atom is -0.392 e. The standard InChI is InChI=1S/C21H26N2O2/c1-15(19-9-2-6-17(11-19)14-24)22-13-16-5-3-10-20(12-16)23-21(25)18-7-4-8-18/h2-3,5-6,9-12,15,18,22,24H,4,7-8,13-14H2,1H3,(H,23,25). The second kappa shape index (κ2) is 8.28. The molecule has 0 heterocycles. The van der Waals surface area contributed by atoms with Crippen molar-refractivity contribution >= 4 is 11.6 Å². The SMILES string of the molecule is CC(NCc1cccc(NC(=O)C2CCC2)c1)c1cccc(CO)c1. The number of aliphatic hydroxyl groups is 1. The average molecular weight is 338 g/mol. The molecule has 1 unspecified atom stereocenters. The Morgan fingerprint density at radius 2 is 1.92 bits per heavy atom. The molecule has 0 spiro atoms. The van der Waals surface area contributed by atoms with Crippen molar-refractivity contribution in [1.82, 2.24) is 5.32 Å². The van der Waals surface area contributed by atoms with Crippen LogP contribution in [0.25, 0.3) is 0 Å². The van der Waals surface area contributed by atoms with Crippen LogP contribution in [0.5, 0.6) is 0 Å². The van der Waals surface area contributed by atoms with Crippen LogP contribution in [0.2, 0.25) is 0 Å². The van der Waals surface area contributed by atoms with Gasteiger partial charge in [0.15, 0.2) is 0 Å². The van der Waals surface area contributed by atoms with Gasteiger partial charge in [-0.1, -0.05) is 42.8 Å². The van der Waals surface area contributed by atoms with Gasteiger partial charge in [0.25, 0.3) is 0 Å². The fourth-order valence-electron chi connectivity index (χ4n) is 3.02. The van der Waals surface area contributed by atoms with Gasteiger partial charge in [-0.05, 0) is 48.6 Å². The third-order valence-electron chi connectivity index (χ3n) is 4.92.